The molecule has 138 valence electrons. The van der Waals surface area contributed by atoms with Crippen molar-refractivity contribution in [3.8, 4) is 11.3 Å². The third-order valence-corrected chi connectivity index (χ3v) is 3.98. The average Bonchev–Trinajstić information content (AvgIpc) is 2.63. The van der Waals surface area contributed by atoms with Gasteiger partial charge in [-0.1, -0.05) is 36.4 Å². The first kappa shape index (κ1) is 18.3. The fourth-order valence-electron chi connectivity index (χ4n) is 2.69. The van der Waals surface area contributed by atoms with Gasteiger partial charge in [0.05, 0.1) is 16.2 Å². The summed E-state index contributed by atoms with van der Waals surface area (Å²) < 4.78 is 0. The molecule has 27 heavy (non-hydrogen) atoms. The number of nitrogens with one attached hydrogen (secondary N) is 2. The molecule has 0 aliphatic carbocycles. The lowest BCUT2D eigenvalue weighted by Crippen LogP contribution is -2.13. The van der Waals surface area contributed by atoms with Gasteiger partial charge in [-0.3, -0.25) is 10.1 Å². The Balaban J connectivity index is 2.02. The van der Waals surface area contributed by atoms with E-state index in [1.807, 2.05) is 50.2 Å². The molecule has 0 aliphatic heterocycles. The number of nitro benzene ring substituents is 1. The Bertz CT molecular complexity index is 958. The summed E-state index contributed by atoms with van der Waals surface area (Å²) in [5.74, 6) is 1.06. The van der Waals surface area contributed by atoms with Gasteiger partial charge in [-0.15, -0.1) is 0 Å². The summed E-state index contributed by atoms with van der Waals surface area (Å²) in [6, 6.07) is 16.7. The highest BCUT2D eigenvalue weighted by Crippen LogP contribution is 2.29. The standard InChI is InChI=1S/C20H21N5O2/c1-13(2)21-20-23-17(15-8-5-4-6-9-15)12-19(24-20)22-16-10-7-11-18(14(16)3)25(26)27/h4-13H,1-3H3,(H2,21,22,23,24). The van der Waals surface area contributed by atoms with Crippen LogP contribution in [-0.2, 0) is 0 Å². The molecule has 0 radical (unpaired) electrons. The lowest BCUT2D eigenvalue weighted by atomic mass is 10.1. The van der Waals surface area contributed by atoms with Crippen molar-refractivity contribution in [2.75, 3.05) is 10.6 Å². The molecule has 0 unspecified atom stereocenters. The molecule has 7 nitrogen and oxygen atoms in total. The minimum Gasteiger partial charge on any atom is -0.352 e. The quantitative estimate of drug-likeness (QED) is 0.477. The predicted octanol–water partition coefficient (Wildman–Crippen LogP) is 4.92. The Hall–Kier alpha value is -3.48. The van der Waals surface area contributed by atoms with Crippen molar-refractivity contribution >= 4 is 23.1 Å². The molecule has 0 aliphatic rings. The summed E-state index contributed by atoms with van der Waals surface area (Å²) in [7, 11) is 0. The first-order valence-corrected chi connectivity index (χ1v) is 8.66. The van der Waals surface area contributed by atoms with E-state index in [2.05, 4.69) is 20.6 Å². The Morgan fingerprint density at radius 3 is 2.44 bits per heavy atom. The monoisotopic (exact) mass is 363 g/mol. The van der Waals surface area contributed by atoms with Crippen LogP contribution in [0.5, 0.6) is 0 Å². The molecule has 0 bridgehead atoms. The van der Waals surface area contributed by atoms with Crippen LogP contribution in [0.25, 0.3) is 11.3 Å². The first-order chi connectivity index (χ1) is 12.9. The molecule has 0 atom stereocenters. The molecule has 0 fully saturated rings. The van der Waals surface area contributed by atoms with Gasteiger partial charge in [-0.25, -0.2) is 4.98 Å². The molecule has 2 N–H and O–H groups in total. The molecule has 3 aromatic rings. The molecule has 0 spiro atoms. The van der Waals surface area contributed by atoms with E-state index >= 15 is 0 Å². The van der Waals surface area contributed by atoms with Crippen molar-refractivity contribution in [2.24, 2.45) is 0 Å². The third-order valence-electron chi connectivity index (χ3n) is 3.98. The topological polar surface area (TPSA) is 93.0 Å². The van der Waals surface area contributed by atoms with Gasteiger partial charge in [0, 0.05) is 29.4 Å². The summed E-state index contributed by atoms with van der Waals surface area (Å²) >= 11 is 0. The van der Waals surface area contributed by atoms with Crippen LogP contribution in [0, 0.1) is 17.0 Å². The second kappa shape index (κ2) is 7.82. The number of anilines is 3. The largest absolute Gasteiger partial charge is 0.352 e. The zero-order valence-corrected chi connectivity index (χ0v) is 15.4. The molecule has 1 aromatic heterocycles. The highest BCUT2D eigenvalue weighted by atomic mass is 16.6. The molecular formula is C20H21N5O2. The van der Waals surface area contributed by atoms with E-state index in [1.165, 1.54) is 6.07 Å². The Morgan fingerprint density at radius 1 is 1.04 bits per heavy atom. The van der Waals surface area contributed by atoms with Gasteiger partial charge in [-0.2, -0.15) is 4.98 Å². The maximum Gasteiger partial charge on any atom is 0.274 e. The Morgan fingerprint density at radius 2 is 1.78 bits per heavy atom. The highest BCUT2D eigenvalue weighted by molar-refractivity contribution is 5.70. The van der Waals surface area contributed by atoms with Gasteiger partial charge in [0.15, 0.2) is 0 Å². The van der Waals surface area contributed by atoms with E-state index < -0.39 is 0 Å². The van der Waals surface area contributed by atoms with E-state index in [0.29, 0.717) is 23.0 Å². The summed E-state index contributed by atoms with van der Waals surface area (Å²) in [5.41, 5.74) is 2.99. The highest BCUT2D eigenvalue weighted by Gasteiger charge is 2.15. The third kappa shape index (κ3) is 4.38. The van der Waals surface area contributed by atoms with Gasteiger partial charge in [0.1, 0.15) is 5.82 Å². The lowest BCUT2D eigenvalue weighted by Gasteiger charge is -2.14. The van der Waals surface area contributed by atoms with Crippen LogP contribution >= 0.6 is 0 Å². The van der Waals surface area contributed by atoms with Crippen LogP contribution in [0.4, 0.5) is 23.1 Å². The van der Waals surface area contributed by atoms with Gasteiger partial charge in [0.25, 0.3) is 5.69 Å². The molecular weight excluding hydrogens is 342 g/mol. The van der Waals surface area contributed by atoms with Crippen LogP contribution < -0.4 is 10.6 Å². The average molecular weight is 363 g/mol. The Labute approximate surface area is 157 Å². The zero-order chi connectivity index (χ0) is 19.4. The van der Waals surface area contributed by atoms with E-state index in [4.69, 9.17) is 0 Å². The van der Waals surface area contributed by atoms with Crippen molar-refractivity contribution in [1.82, 2.24) is 9.97 Å². The summed E-state index contributed by atoms with van der Waals surface area (Å²) in [6.07, 6.45) is 0. The van der Waals surface area contributed by atoms with Crippen LogP contribution in [0.1, 0.15) is 19.4 Å². The van der Waals surface area contributed by atoms with Crippen molar-refractivity contribution in [3.05, 3.63) is 70.3 Å². The van der Waals surface area contributed by atoms with Crippen LogP contribution in [0.2, 0.25) is 0 Å². The number of benzene rings is 2. The lowest BCUT2D eigenvalue weighted by molar-refractivity contribution is -0.385. The van der Waals surface area contributed by atoms with E-state index in [1.54, 1.807) is 19.1 Å². The maximum atomic E-state index is 11.2. The second-order valence-electron chi connectivity index (χ2n) is 6.46. The fourth-order valence-corrected chi connectivity index (χ4v) is 2.69. The first-order valence-electron chi connectivity index (χ1n) is 8.66. The summed E-state index contributed by atoms with van der Waals surface area (Å²) in [6.45, 7) is 5.74. The fraction of sp³-hybridized carbons (Fsp3) is 0.200. The smallest absolute Gasteiger partial charge is 0.274 e. The summed E-state index contributed by atoms with van der Waals surface area (Å²) in [4.78, 5) is 19.9. The van der Waals surface area contributed by atoms with Crippen molar-refractivity contribution in [3.63, 3.8) is 0 Å². The molecule has 0 saturated heterocycles. The van der Waals surface area contributed by atoms with Crippen LogP contribution in [0.15, 0.2) is 54.6 Å². The molecule has 7 heteroatoms. The summed E-state index contributed by atoms with van der Waals surface area (Å²) in [5, 5.41) is 17.6. The molecule has 0 amide bonds. The minimum atomic E-state index is -0.387. The molecule has 2 aromatic carbocycles. The van der Waals surface area contributed by atoms with Crippen molar-refractivity contribution in [2.45, 2.75) is 26.8 Å². The number of hydrogen-bond acceptors (Lipinski definition) is 6. The second-order valence-corrected chi connectivity index (χ2v) is 6.46. The number of nitrogens with zero attached hydrogens (tertiary/aromatic N) is 3. The number of nitro groups is 1. The van der Waals surface area contributed by atoms with Gasteiger partial charge in [-0.05, 0) is 26.8 Å². The van der Waals surface area contributed by atoms with E-state index in [0.717, 1.165) is 11.3 Å². The van der Waals surface area contributed by atoms with Gasteiger partial charge >= 0.3 is 0 Å². The normalized spacial score (nSPS) is 10.7. The van der Waals surface area contributed by atoms with E-state index in [9.17, 15) is 10.1 Å². The number of hydrogen-bond donors (Lipinski definition) is 2. The molecule has 1 heterocycles. The van der Waals surface area contributed by atoms with E-state index in [-0.39, 0.29) is 16.7 Å². The predicted molar refractivity (Wildman–Crippen MR) is 107 cm³/mol. The Kier molecular flexibility index (Phi) is 5.30. The number of rotatable bonds is 6. The maximum absolute atomic E-state index is 11.2. The minimum absolute atomic E-state index is 0.0675. The molecule has 0 saturated carbocycles. The SMILES string of the molecule is Cc1c(Nc2cc(-c3ccccc3)nc(NC(C)C)n2)cccc1[N+](=O)[O-]. The van der Waals surface area contributed by atoms with Crippen molar-refractivity contribution in [1.29, 1.82) is 0 Å². The van der Waals surface area contributed by atoms with Crippen molar-refractivity contribution < 1.29 is 4.92 Å². The zero-order valence-electron chi connectivity index (χ0n) is 15.4. The van der Waals surface area contributed by atoms with Crippen LogP contribution in [0.3, 0.4) is 0 Å². The number of aromatic nitrogens is 2. The van der Waals surface area contributed by atoms with Crippen LogP contribution in [-0.4, -0.2) is 20.9 Å². The molecule has 3 rings (SSSR count). The van der Waals surface area contributed by atoms with Gasteiger partial charge < -0.3 is 10.6 Å². The van der Waals surface area contributed by atoms with Gasteiger partial charge in [0.2, 0.25) is 5.95 Å².